The van der Waals surface area contributed by atoms with Gasteiger partial charge in [-0.15, -0.1) is 12.4 Å². The molecule has 0 radical (unpaired) electrons. The van der Waals surface area contributed by atoms with Crippen LogP contribution in [0.1, 0.15) is 27.6 Å². The Labute approximate surface area is 130 Å². The first-order valence-corrected chi connectivity index (χ1v) is 5.86. The topological polar surface area (TPSA) is 23.5 Å². The molecule has 1 aromatic rings. The first-order chi connectivity index (χ1) is 10.2. The van der Waals surface area contributed by atoms with E-state index in [9.17, 15) is 5.11 Å². The summed E-state index contributed by atoms with van der Waals surface area (Å²) in [5.41, 5.74) is -0.427. The third-order valence-electron chi connectivity index (χ3n) is 2.99. The summed E-state index contributed by atoms with van der Waals surface area (Å²) < 4.78 is 44.3. The average Bonchev–Trinajstić information content (AvgIpc) is 2.35. The third kappa shape index (κ3) is 5.57. The van der Waals surface area contributed by atoms with Crippen LogP contribution in [0.5, 0.6) is 0 Å². The van der Waals surface area contributed by atoms with Crippen molar-refractivity contribution in [2.75, 3.05) is 20.5 Å². The number of aliphatic hydroxyl groups is 1. The molecule has 2 unspecified atom stereocenters. The fraction of sp³-hybridized carbons (Fsp3) is 0.571. The fourth-order valence-electron chi connectivity index (χ4n) is 1.66. The Morgan fingerprint density at radius 2 is 1.94 bits per heavy atom. The minimum absolute atomic E-state index is 0. The molecule has 104 valence electrons. The van der Waals surface area contributed by atoms with E-state index in [1.807, 2.05) is 0 Å². The van der Waals surface area contributed by atoms with E-state index in [4.69, 9.17) is 19.8 Å². The van der Waals surface area contributed by atoms with Crippen molar-refractivity contribution in [1.29, 1.82) is 0 Å². The second-order valence-corrected chi connectivity index (χ2v) is 5.11. The van der Waals surface area contributed by atoms with Gasteiger partial charge in [0.2, 0.25) is 0 Å². The molecule has 0 aliphatic rings. The predicted molar refractivity (Wildman–Crippen MR) is 80.7 cm³/mol. The maximum absolute atomic E-state index is 10.7. The van der Waals surface area contributed by atoms with Gasteiger partial charge >= 0.3 is 0 Å². The lowest BCUT2D eigenvalue weighted by Gasteiger charge is -2.32. The summed E-state index contributed by atoms with van der Waals surface area (Å²) in [4.78, 5) is 0.473. The van der Waals surface area contributed by atoms with E-state index < -0.39 is 25.5 Å². The minimum Gasteiger partial charge on any atom is -0.390 e. The lowest BCUT2D eigenvalue weighted by Crippen LogP contribution is -2.40. The highest BCUT2D eigenvalue weighted by atomic mass is 35.5. The van der Waals surface area contributed by atoms with Crippen LogP contribution in [0.15, 0.2) is 24.3 Å². The van der Waals surface area contributed by atoms with Crippen molar-refractivity contribution >= 4 is 24.0 Å². The number of rotatable bonds is 5. The van der Waals surface area contributed by atoms with Gasteiger partial charge in [0.05, 0.1) is 5.60 Å². The normalized spacial score (nSPS) is 22.3. The van der Waals surface area contributed by atoms with Crippen molar-refractivity contribution in [3.05, 3.63) is 34.9 Å². The lowest BCUT2D eigenvalue weighted by atomic mass is 9.84. The van der Waals surface area contributed by atoms with E-state index in [0.717, 1.165) is 5.56 Å². The Hall–Kier alpha value is -0.280. The number of hydrogen-bond acceptors (Lipinski definition) is 2. The molecule has 0 spiro atoms. The molecule has 1 aromatic carbocycles. The van der Waals surface area contributed by atoms with E-state index >= 15 is 0 Å². The highest BCUT2D eigenvalue weighted by molar-refractivity contribution is 6.30. The van der Waals surface area contributed by atoms with Gasteiger partial charge in [0.25, 0.3) is 0 Å². The first-order valence-electron chi connectivity index (χ1n) is 8.48. The molecular weight excluding hydrogens is 269 g/mol. The van der Waals surface area contributed by atoms with Crippen LogP contribution in [0.2, 0.25) is 5.02 Å². The van der Waals surface area contributed by atoms with Crippen molar-refractivity contribution in [3.63, 3.8) is 0 Å². The average molecular weight is 298 g/mol. The van der Waals surface area contributed by atoms with Crippen molar-refractivity contribution in [1.82, 2.24) is 4.90 Å². The first kappa shape index (κ1) is 9.60. The standard InChI is InChI=1S/C14H22ClNO.ClH/c1-11(10-16(3)4)14(2,17)9-12-5-7-13(15)8-6-12;/h5-8,11,17H,9-10H2,1-4H3;1H/i3D3,4D3;. The molecule has 2 atom stereocenters. The highest BCUT2D eigenvalue weighted by Crippen LogP contribution is 2.23. The van der Waals surface area contributed by atoms with Crippen molar-refractivity contribution in [2.45, 2.75) is 25.9 Å². The van der Waals surface area contributed by atoms with E-state index in [2.05, 4.69) is 0 Å². The molecule has 0 aliphatic carbocycles. The second kappa shape index (κ2) is 7.34. The Kier molecular flexibility index (Phi) is 3.92. The molecule has 1 rings (SSSR count). The second-order valence-electron chi connectivity index (χ2n) is 4.67. The summed E-state index contributed by atoms with van der Waals surface area (Å²) in [6.07, 6.45) is 0.265. The van der Waals surface area contributed by atoms with Gasteiger partial charge in [-0.25, -0.2) is 0 Å². The van der Waals surface area contributed by atoms with Gasteiger partial charge in [0.15, 0.2) is 0 Å². The zero-order valence-electron chi connectivity index (χ0n) is 16.5. The van der Waals surface area contributed by atoms with Crippen molar-refractivity contribution in [2.24, 2.45) is 5.92 Å². The largest absolute Gasteiger partial charge is 0.390 e. The van der Waals surface area contributed by atoms with Crippen LogP contribution in [-0.4, -0.2) is 36.1 Å². The molecule has 2 nitrogen and oxygen atoms in total. The molecule has 0 fully saturated rings. The Bertz CT molecular complexity index is 501. The lowest BCUT2D eigenvalue weighted by molar-refractivity contribution is -0.00259. The number of benzene rings is 1. The quantitative estimate of drug-likeness (QED) is 0.902. The van der Waals surface area contributed by atoms with E-state index in [1.165, 1.54) is 0 Å². The summed E-state index contributed by atoms with van der Waals surface area (Å²) in [6, 6.07) is 6.95. The van der Waals surface area contributed by atoms with Crippen LogP contribution in [0, 0.1) is 5.92 Å². The van der Waals surface area contributed by atoms with Crippen LogP contribution in [0.25, 0.3) is 0 Å². The van der Waals surface area contributed by atoms with E-state index in [0.29, 0.717) is 9.92 Å². The van der Waals surface area contributed by atoms with Gasteiger partial charge in [0, 0.05) is 26.2 Å². The summed E-state index contributed by atoms with van der Waals surface area (Å²) in [6.45, 7) is -2.57. The Balaban J connectivity index is 0.00000529. The van der Waals surface area contributed by atoms with Gasteiger partial charge in [-0.1, -0.05) is 30.7 Å². The summed E-state index contributed by atoms with van der Waals surface area (Å²) in [5.74, 6) is -0.570. The molecule has 4 heteroatoms. The van der Waals surface area contributed by atoms with Gasteiger partial charge in [-0.05, 0) is 44.5 Å². The van der Waals surface area contributed by atoms with Gasteiger partial charge in [-0.3, -0.25) is 0 Å². The fourth-order valence-corrected chi connectivity index (χ4v) is 1.79. The molecule has 0 aliphatic heterocycles. The molecule has 0 saturated heterocycles. The summed E-state index contributed by atoms with van der Waals surface area (Å²) in [7, 11) is 0. The molecule has 1 N–H and O–H groups in total. The monoisotopic (exact) mass is 297 g/mol. The van der Waals surface area contributed by atoms with Crippen LogP contribution < -0.4 is 0 Å². The minimum atomic E-state index is -2.75. The molecule has 0 bridgehead atoms. The molecule has 0 saturated carbocycles. The highest BCUT2D eigenvalue weighted by Gasteiger charge is 2.28. The number of halogens is 2. The zero-order chi connectivity index (χ0) is 18.1. The van der Waals surface area contributed by atoms with Crippen molar-refractivity contribution < 1.29 is 13.3 Å². The Morgan fingerprint density at radius 1 is 1.39 bits per heavy atom. The maximum Gasteiger partial charge on any atom is 0.0697 e. The number of nitrogens with zero attached hydrogens (tertiary/aromatic N) is 1. The Morgan fingerprint density at radius 3 is 2.44 bits per heavy atom. The molecule has 18 heavy (non-hydrogen) atoms. The third-order valence-corrected chi connectivity index (χ3v) is 3.25. The van der Waals surface area contributed by atoms with E-state index in [1.54, 1.807) is 38.1 Å². The van der Waals surface area contributed by atoms with Gasteiger partial charge in [-0.2, -0.15) is 0 Å². The van der Waals surface area contributed by atoms with Gasteiger partial charge in [0.1, 0.15) is 0 Å². The smallest absolute Gasteiger partial charge is 0.0697 e. The zero-order valence-corrected chi connectivity index (χ0v) is 12.1. The van der Waals surface area contributed by atoms with Crippen molar-refractivity contribution in [3.8, 4) is 0 Å². The van der Waals surface area contributed by atoms with Crippen LogP contribution in [0.3, 0.4) is 0 Å². The van der Waals surface area contributed by atoms with Crippen LogP contribution in [-0.2, 0) is 6.42 Å². The summed E-state index contributed by atoms with van der Waals surface area (Å²) >= 11 is 5.82. The van der Waals surface area contributed by atoms with Gasteiger partial charge < -0.3 is 10.0 Å². The molecule has 0 heterocycles. The molecular formula is C14H23Cl2NO. The molecule has 0 amide bonds. The maximum atomic E-state index is 10.7. The van der Waals surface area contributed by atoms with Crippen LogP contribution in [0.4, 0.5) is 0 Å². The van der Waals surface area contributed by atoms with Crippen LogP contribution >= 0.6 is 24.0 Å². The van der Waals surface area contributed by atoms with E-state index in [-0.39, 0.29) is 25.4 Å². The SMILES string of the molecule is Cl.[2H]C([2H])([2H])N(CC(C)C(C)(O)Cc1ccc(Cl)cc1)C([2H])([2H])[2H]. The predicted octanol–water partition coefficient (Wildman–Crippen LogP) is 3.25. The summed E-state index contributed by atoms with van der Waals surface area (Å²) in [5, 5.41) is 11.2. The number of hydrogen-bond donors (Lipinski definition) is 1. The molecule has 0 aromatic heterocycles.